The van der Waals surface area contributed by atoms with Gasteiger partial charge in [0.05, 0.1) is 0 Å². The zero-order valence-electron chi connectivity index (χ0n) is 10.2. The van der Waals surface area contributed by atoms with Crippen LogP contribution < -0.4 is 0 Å². The molecule has 0 saturated carbocycles. The first-order valence-electron chi connectivity index (χ1n) is 6.21. The predicted octanol–water partition coefficient (Wildman–Crippen LogP) is 4.50. The van der Waals surface area contributed by atoms with Crippen LogP contribution in [-0.4, -0.2) is 5.78 Å². The van der Waals surface area contributed by atoms with E-state index in [1.54, 1.807) is 6.07 Å². The zero-order valence-corrected chi connectivity index (χ0v) is 11.8. The van der Waals surface area contributed by atoms with Gasteiger partial charge in [-0.1, -0.05) is 40.2 Å². The van der Waals surface area contributed by atoms with Crippen molar-refractivity contribution < 1.29 is 9.18 Å². The van der Waals surface area contributed by atoms with Crippen LogP contribution in [0.1, 0.15) is 33.8 Å². The average Bonchev–Trinajstić information content (AvgIpc) is 2.38. The third kappa shape index (κ3) is 2.35. The standard InChI is InChI=1S/C16H12BrFO/c17-15-6-5-12(18)9-14(15)16(19)8-11-7-10-3-1-2-4-13(10)11/h1-6,9,11H,7-8H2. The Morgan fingerprint density at radius 2 is 2.05 bits per heavy atom. The van der Waals surface area contributed by atoms with Crippen LogP contribution in [0.15, 0.2) is 46.9 Å². The number of rotatable bonds is 3. The van der Waals surface area contributed by atoms with Crippen LogP contribution in [0, 0.1) is 5.82 Å². The van der Waals surface area contributed by atoms with E-state index in [4.69, 9.17) is 0 Å². The number of benzene rings is 2. The van der Waals surface area contributed by atoms with Crippen molar-refractivity contribution in [2.24, 2.45) is 0 Å². The molecule has 0 radical (unpaired) electrons. The quantitative estimate of drug-likeness (QED) is 0.761. The van der Waals surface area contributed by atoms with Gasteiger partial charge < -0.3 is 0 Å². The van der Waals surface area contributed by atoms with Crippen molar-refractivity contribution in [1.29, 1.82) is 0 Å². The predicted molar refractivity (Wildman–Crippen MR) is 75.9 cm³/mol. The normalized spacial score (nSPS) is 16.6. The zero-order chi connectivity index (χ0) is 13.4. The summed E-state index contributed by atoms with van der Waals surface area (Å²) in [4.78, 5) is 12.2. The number of carbonyl (C=O) groups is 1. The molecule has 96 valence electrons. The van der Waals surface area contributed by atoms with Gasteiger partial charge in [-0.25, -0.2) is 4.39 Å². The van der Waals surface area contributed by atoms with Crippen molar-refractivity contribution in [2.75, 3.05) is 0 Å². The van der Waals surface area contributed by atoms with Crippen LogP contribution >= 0.6 is 15.9 Å². The van der Waals surface area contributed by atoms with Crippen molar-refractivity contribution in [3.05, 3.63) is 69.4 Å². The first-order chi connectivity index (χ1) is 9.15. The molecule has 0 aliphatic heterocycles. The smallest absolute Gasteiger partial charge is 0.164 e. The summed E-state index contributed by atoms with van der Waals surface area (Å²) in [5, 5.41) is 0. The van der Waals surface area contributed by atoms with Crippen LogP contribution in [0.25, 0.3) is 0 Å². The molecule has 0 saturated heterocycles. The van der Waals surface area contributed by atoms with E-state index in [0.29, 0.717) is 16.5 Å². The number of hydrogen-bond acceptors (Lipinski definition) is 1. The molecule has 1 nitrogen and oxygen atoms in total. The highest BCUT2D eigenvalue weighted by atomic mass is 79.9. The van der Waals surface area contributed by atoms with Crippen LogP contribution in [0.5, 0.6) is 0 Å². The number of hydrogen-bond donors (Lipinski definition) is 0. The summed E-state index contributed by atoms with van der Waals surface area (Å²) in [7, 11) is 0. The Kier molecular flexibility index (Phi) is 3.23. The van der Waals surface area contributed by atoms with E-state index in [-0.39, 0.29) is 17.5 Å². The van der Waals surface area contributed by atoms with Gasteiger partial charge in [-0.3, -0.25) is 4.79 Å². The van der Waals surface area contributed by atoms with Gasteiger partial charge in [0.2, 0.25) is 0 Å². The number of Topliss-reactive ketones (excluding diaryl/α,β-unsaturated/α-hetero) is 1. The molecule has 1 aliphatic rings. The van der Waals surface area contributed by atoms with Crippen molar-refractivity contribution in [2.45, 2.75) is 18.8 Å². The molecule has 19 heavy (non-hydrogen) atoms. The van der Waals surface area contributed by atoms with E-state index in [2.05, 4.69) is 28.1 Å². The van der Waals surface area contributed by atoms with E-state index < -0.39 is 0 Å². The Labute approximate surface area is 119 Å². The van der Waals surface area contributed by atoms with E-state index in [0.717, 1.165) is 6.42 Å². The van der Waals surface area contributed by atoms with E-state index >= 15 is 0 Å². The van der Waals surface area contributed by atoms with Gasteiger partial charge in [-0.15, -0.1) is 0 Å². The highest BCUT2D eigenvalue weighted by Crippen LogP contribution is 2.38. The van der Waals surface area contributed by atoms with E-state index in [1.807, 2.05) is 12.1 Å². The fourth-order valence-corrected chi connectivity index (χ4v) is 3.06. The largest absolute Gasteiger partial charge is 0.294 e. The minimum atomic E-state index is -0.374. The summed E-state index contributed by atoms with van der Waals surface area (Å²) in [5.74, 6) is -0.106. The molecule has 1 unspecified atom stereocenters. The Morgan fingerprint density at radius 1 is 1.26 bits per heavy atom. The minimum Gasteiger partial charge on any atom is -0.294 e. The molecule has 2 aromatic carbocycles. The van der Waals surface area contributed by atoms with Gasteiger partial charge >= 0.3 is 0 Å². The Hall–Kier alpha value is -1.48. The lowest BCUT2D eigenvalue weighted by molar-refractivity contribution is 0.0969. The summed E-state index contributed by atoms with van der Waals surface area (Å²) in [6.07, 6.45) is 1.38. The average molecular weight is 319 g/mol. The van der Waals surface area contributed by atoms with Crippen LogP contribution in [0.2, 0.25) is 0 Å². The first kappa shape index (κ1) is 12.5. The summed E-state index contributed by atoms with van der Waals surface area (Å²) in [6.45, 7) is 0. The summed E-state index contributed by atoms with van der Waals surface area (Å²) in [6, 6.07) is 12.4. The molecule has 1 atom stereocenters. The molecule has 0 spiro atoms. The molecular weight excluding hydrogens is 307 g/mol. The van der Waals surface area contributed by atoms with Crippen LogP contribution in [0.4, 0.5) is 4.39 Å². The third-order valence-electron chi connectivity index (χ3n) is 3.62. The topological polar surface area (TPSA) is 17.1 Å². The SMILES string of the molecule is O=C(CC1Cc2ccccc21)c1cc(F)ccc1Br. The van der Waals surface area contributed by atoms with Crippen LogP contribution in [0.3, 0.4) is 0 Å². The fourth-order valence-electron chi connectivity index (χ4n) is 2.59. The van der Waals surface area contributed by atoms with Gasteiger partial charge in [-0.2, -0.15) is 0 Å². The highest BCUT2D eigenvalue weighted by molar-refractivity contribution is 9.10. The minimum absolute atomic E-state index is 0.00845. The molecule has 0 fully saturated rings. The summed E-state index contributed by atoms with van der Waals surface area (Å²) in [5.41, 5.74) is 3.01. The Morgan fingerprint density at radius 3 is 2.84 bits per heavy atom. The monoisotopic (exact) mass is 318 g/mol. The maximum Gasteiger partial charge on any atom is 0.164 e. The van der Waals surface area contributed by atoms with E-state index in [1.165, 1.54) is 23.3 Å². The molecular formula is C16H12BrFO. The van der Waals surface area contributed by atoms with Gasteiger partial charge in [0.1, 0.15) is 5.82 Å². The highest BCUT2D eigenvalue weighted by Gasteiger charge is 2.28. The lowest BCUT2D eigenvalue weighted by Gasteiger charge is -2.29. The molecule has 3 heteroatoms. The van der Waals surface area contributed by atoms with Crippen molar-refractivity contribution in [3.8, 4) is 0 Å². The van der Waals surface area contributed by atoms with Gasteiger partial charge in [-0.05, 0) is 41.7 Å². The van der Waals surface area contributed by atoms with Crippen LogP contribution in [-0.2, 0) is 6.42 Å². The number of carbonyl (C=O) groups excluding carboxylic acids is 1. The molecule has 3 rings (SSSR count). The maximum atomic E-state index is 13.2. The Bertz CT molecular complexity index is 651. The third-order valence-corrected chi connectivity index (χ3v) is 4.31. The van der Waals surface area contributed by atoms with E-state index in [9.17, 15) is 9.18 Å². The fraction of sp³-hybridized carbons (Fsp3) is 0.188. The number of ketones is 1. The second-order valence-corrected chi connectivity index (χ2v) is 5.71. The molecule has 0 N–H and O–H groups in total. The maximum absolute atomic E-state index is 13.2. The molecule has 0 amide bonds. The molecule has 0 aromatic heterocycles. The van der Waals surface area contributed by atoms with Gasteiger partial charge in [0.15, 0.2) is 5.78 Å². The molecule has 0 heterocycles. The Balaban J connectivity index is 1.79. The first-order valence-corrected chi connectivity index (χ1v) is 7.00. The molecule has 2 aromatic rings. The van der Waals surface area contributed by atoms with Crippen molar-refractivity contribution in [1.82, 2.24) is 0 Å². The second kappa shape index (κ2) is 4.89. The number of halogens is 2. The van der Waals surface area contributed by atoms with Crippen molar-refractivity contribution in [3.63, 3.8) is 0 Å². The van der Waals surface area contributed by atoms with Gasteiger partial charge in [0, 0.05) is 16.5 Å². The summed E-state index contributed by atoms with van der Waals surface area (Å²) < 4.78 is 13.9. The van der Waals surface area contributed by atoms with Gasteiger partial charge in [0.25, 0.3) is 0 Å². The second-order valence-electron chi connectivity index (χ2n) is 4.85. The molecule has 0 bridgehead atoms. The van der Waals surface area contributed by atoms with Crippen molar-refractivity contribution >= 4 is 21.7 Å². The lowest BCUT2D eigenvalue weighted by atomic mass is 9.74. The number of fused-ring (bicyclic) bond motifs is 1. The lowest BCUT2D eigenvalue weighted by Crippen LogP contribution is -2.20. The summed E-state index contributed by atoms with van der Waals surface area (Å²) >= 11 is 3.31. The molecule has 1 aliphatic carbocycles.